The lowest BCUT2D eigenvalue weighted by Gasteiger charge is -2.22. The molecule has 0 aromatic rings. The van der Waals surface area contributed by atoms with Crippen molar-refractivity contribution in [2.45, 2.75) is 13.1 Å². The van der Waals surface area contributed by atoms with Crippen LogP contribution < -0.4 is 5.32 Å². The van der Waals surface area contributed by atoms with Gasteiger partial charge < -0.3 is 10.4 Å². The molecule has 0 bridgehead atoms. The number of aliphatic hydroxyl groups is 1. The highest BCUT2D eigenvalue weighted by atomic mass is 16.3. The molecule has 0 saturated carbocycles. The Bertz CT molecular complexity index is 68.1. The SMILES string of the molecule is CNC(C)N(C)CCO. The Kier molecular flexibility index (Phi) is 4.67. The smallest absolute Gasteiger partial charge is 0.0563 e. The molecule has 3 nitrogen and oxygen atoms in total. The average Bonchev–Trinajstić information content (AvgIpc) is 1.87. The Hall–Kier alpha value is -0.120. The Balaban J connectivity index is 3.32. The fourth-order valence-corrected chi connectivity index (χ4v) is 0.572. The summed E-state index contributed by atoms with van der Waals surface area (Å²) in [6.45, 7) is 3.00. The van der Waals surface area contributed by atoms with E-state index in [-0.39, 0.29) is 6.61 Å². The molecule has 1 unspecified atom stereocenters. The average molecular weight is 132 g/mol. The van der Waals surface area contributed by atoms with E-state index in [9.17, 15) is 0 Å². The van der Waals surface area contributed by atoms with Crippen LogP contribution in [0.25, 0.3) is 0 Å². The minimum Gasteiger partial charge on any atom is -0.395 e. The first-order valence-corrected chi connectivity index (χ1v) is 3.20. The van der Waals surface area contributed by atoms with Crippen LogP contribution in [0.4, 0.5) is 0 Å². The molecule has 0 radical (unpaired) electrons. The van der Waals surface area contributed by atoms with Gasteiger partial charge in [-0.05, 0) is 21.0 Å². The number of likely N-dealkylation sites (N-methyl/N-ethyl adjacent to an activating group) is 1. The Morgan fingerprint density at radius 3 is 2.56 bits per heavy atom. The van der Waals surface area contributed by atoms with Crippen molar-refractivity contribution in [1.82, 2.24) is 10.2 Å². The first kappa shape index (κ1) is 8.88. The van der Waals surface area contributed by atoms with E-state index in [0.717, 1.165) is 6.54 Å². The summed E-state index contributed by atoms with van der Waals surface area (Å²) in [4.78, 5) is 2.04. The number of hydrogen-bond acceptors (Lipinski definition) is 3. The maximum absolute atomic E-state index is 8.51. The van der Waals surface area contributed by atoms with Crippen molar-refractivity contribution in [3.8, 4) is 0 Å². The van der Waals surface area contributed by atoms with Crippen molar-refractivity contribution < 1.29 is 5.11 Å². The second kappa shape index (κ2) is 4.73. The van der Waals surface area contributed by atoms with Gasteiger partial charge in [-0.25, -0.2) is 0 Å². The minimum atomic E-state index is 0.225. The van der Waals surface area contributed by atoms with E-state index in [2.05, 4.69) is 12.2 Å². The second-order valence-corrected chi connectivity index (χ2v) is 2.17. The molecular formula is C6H16N2O. The fourth-order valence-electron chi connectivity index (χ4n) is 0.572. The van der Waals surface area contributed by atoms with Crippen LogP contribution in [0.1, 0.15) is 6.92 Å². The van der Waals surface area contributed by atoms with E-state index in [1.165, 1.54) is 0 Å². The third kappa shape index (κ3) is 3.46. The van der Waals surface area contributed by atoms with Crippen LogP contribution in [0, 0.1) is 0 Å². The van der Waals surface area contributed by atoms with Crippen LogP contribution in [0.3, 0.4) is 0 Å². The van der Waals surface area contributed by atoms with E-state index >= 15 is 0 Å². The normalized spacial score (nSPS) is 14.3. The molecule has 0 aliphatic heterocycles. The summed E-state index contributed by atoms with van der Waals surface area (Å²) in [6.07, 6.45) is 0.345. The summed E-state index contributed by atoms with van der Waals surface area (Å²) in [7, 11) is 3.87. The maximum atomic E-state index is 8.51. The zero-order valence-electron chi connectivity index (χ0n) is 6.39. The van der Waals surface area contributed by atoms with Gasteiger partial charge in [0.25, 0.3) is 0 Å². The van der Waals surface area contributed by atoms with Crippen LogP contribution in [-0.2, 0) is 0 Å². The first-order valence-electron chi connectivity index (χ1n) is 3.20. The van der Waals surface area contributed by atoms with E-state index in [1.54, 1.807) is 0 Å². The molecule has 2 N–H and O–H groups in total. The first-order chi connectivity index (χ1) is 4.22. The molecule has 1 atom stereocenters. The van der Waals surface area contributed by atoms with Crippen molar-refractivity contribution in [3.63, 3.8) is 0 Å². The van der Waals surface area contributed by atoms with Gasteiger partial charge in [-0.2, -0.15) is 0 Å². The van der Waals surface area contributed by atoms with Gasteiger partial charge in [0.15, 0.2) is 0 Å². The van der Waals surface area contributed by atoms with Crippen LogP contribution in [0.15, 0.2) is 0 Å². The van der Waals surface area contributed by atoms with E-state index in [0.29, 0.717) is 6.17 Å². The predicted molar refractivity (Wildman–Crippen MR) is 38.2 cm³/mol. The molecule has 0 aliphatic carbocycles. The van der Waals surface area contributed by atoms with Gasteiger partial charge in [-0.3, -0.25) is 4.90 Å². The molecular weight excluding hydrogens is 116 g/mol. The molecule has 0 amide bonds. The molecule has 0 aliphatic rings. The molecule has 0 aromatic heterocycles. The third-order valence-corrected chi connectivity index (χ3v) is 1.53. The van der Waals surface area contributed by atoms with Crippen molar-refractivity contribution in [3.05, 3.63) is 0 Å². The molecule has 0 fully saturated rings. The van der Waals surface area contributed by atoms with Crippen molar-refractivity contribution in [1.29, 1.82) is 0 Å². The predicted octanol–water partition coefficient (Wildman–Crippen LogP) is -0.524. The molecule has 56 valence electrons. The highest BCUT2D eigenvalue weighted by molar-refractivity contribution is 4.55. The van der Waals surface area contributed by atoms with Gasteiger partial charge in [0.05, 0.1) is 12.8 Å². The number of nitrogens with one attached hydrogen (secondary N) is 1. The van der Waals surface area contributed by atoms with Gasteiger partial charge in [0, 0.05) is 6.54 Å². The van der Waals surface area contributed by atoms with E-state index in [1.807, 2.05) is 19.0 Å². The van der Waals surface area contributed by atoms with Gasteiger partial charge in [0.1, 0.15) is 0 Å². The lowest BCUT2D eigenvalue weighted by molar-refractivity contribution is 0.174. The highest BCUT2D eigenvalue weighted by Gasteiger charge is 2.02. The molecule has 0 spiro atoms. The summed E-state index contributed by atoms with van der Waals surface area (Å²) < 4.78 is 0. The number of nitrogens with zero attached hydrogens (tertiary/aromatic N) is 1. The van der Waals surface area contributed by atoms with Crippen LogP contribution >= 0.6 is 0 Å². The van der Waals surface area contributed by atoms with Crippen molar-refractivity contribution in [2.24, 2.45) is 0 Å². The Morgan fingerprint density at radius 2 is 2.22 bits per heavy atom. The van der Waals surface area contributed by atoms with Gasteiger partial charge in [-0.1, -0.05) is 0 Å². The standard InChI is InChI=1S/C6H16N2O/c1-6(7-2)8(3)4-5-9/h6-7,9H,4-5H2,1-3H3. The topological polar surface area (TPSA) is 35.5 Å². The number of aliphatic hydroxyl groups excluding tert-OH is 1. The highest BCUT2D eigenvalue weighted by Crippen LogP contribution is 1.86. The van der Waals surface area contributed by atoms with Crippen LogP contribution in [0.2, 0.25) is 0 Å². The Labute approximate surface area is 56.7 Å². The minimum absolute atomic E-state index is 0.225. The Morgan fingerprint density at radius 1 is 1.67 bits per heavy atom. The van der Waals surface area contributed by atoms with Crippen LogP contribution in [-0.4, -0.2) is 43.4 Å². The summed E-state index contributed by atoms with van der Waals surface area (Å²) in [5.74, 6) is 0. The molecule has 0 heterocycles. The number of rotatable bonds is 4. The van der Waals surface area contributed by atoms with Gasteiger partial charge in [-0.15, -0.1) is 0 Å². The van der Waals surface area contributed by atoms with E-state index in [4.69, 9.17) is 5.11 Å². The van der Waals surface area contributed by atoms with Gasteiger partial charge in [0.2, 0.25) is 0 Å². The zero-order chi connectivity index (χ0) is 7.28. The number of hydrogen-bond donors (Lipinski definition) is 2. The van der Waals surface area contributed by atoms with Crippen molar-refractivity contribution >= 4 is 0 Å². The second-order valence-electron chi connectivity index (χ2n) is 2.17. The quantitative estimate of drug-likeness (QED) is 0.505. The molecule has 9 heavy (non-hydrogen) atoms. The maximum Gasteiger partial charge on any atom is 0.0563 e. The lowest BCUT2D eigenvalue weighted by Crippen LogP contribution is -2.40. The lowest BCUT2D eigenvalue weighted by atomic mass is 10.4. The molecule has 0 aromatic carbocycles. The van der Waals surface area contributed by atoms with Crippen LogP contribution in [0.5, 0.6) is 0 Å². The summed E-state index contributed by atoms with van der Waals surface area (Å²) in [6, 6.07) is 0. The third-order valence-electron chi connectivity index (χ3n) is 1.53. The van der Waals surface area contributed by atoms with Crippen molar-refractivity contribution in [2.75, 3.05) is 27.2 Å². The zero-order valence-corrected chi connectivity index (χ0v) is 6.39. The fraction of sp³-hybridized carbons (Fsp3) is 1.00. The molecule has 0 rings (SSSR count). The molecule has 0 saturated heterocycles. The van der Waals surface area contributed by atoms with E-state index < -0.39 is 0 Å². The summed E-state index contributed by atoms with van der Waals surface area (Å²) >= 11 is 0. The summed E-state index contributed by atoms with van der Waals surface area (Å²) in [5, 5.41) is 11.6. The largest absolute Gasteiger partial charge is 0.395 e. The molecule has 3 heteroatoms. The monoisotopic (exact) mass is 132 g/mol. The summed E-state index contributed by atoms with van der Waals surface area (Å²) in [5.41, 5.74) is 0. The van der Waals surface area contributed by atoms with Gasteiger partial charge >= 0.3 is 0 Å².